The van der Waals surface area contributed by atoms with Crippen molar-refractivity contribution in [2.45, 2.75) is 20.4 Å². The Balaban J connectivity index is 2.14. The highest BCUT2D eigenvalue weighted by molar-refractivity contribution is 6.30. The molecule has 0 saturated carbocycles. The van der Waals surface area contributed by atoms with Crippen LogP contribution < -0.4 is 0 Å². The highest BCUT2D eigenvalue weighted by Gasteiger charge is 2.18. The molecule has 0 aliphatic rings. The average Bonchev–Trinajstić information content (AvgIpc) is 2.82. The van der Waals surface area contributed by atoms with E-state index < -0.39 is 0 Å². The van der Waals surface area contributed by atoms with E-state index in [0.29, 0.717) is 29.6 Å². The van der Waals surface area contributed by atoms with Crippen LogP contribution in [0, 0.1) is 6.92 Å². The number of hydrogen-bond acceptors (Lipinski definition) is 3. The lowest BCUT2D eigenvalue weighted by atomic mass is 10.2. The van der Waals surface area contributed by atoms with E-state index >= 15 is 0 Å². The molecule has 0 N–H and O–H groups in total. The SMILES string of the molecule is CCN(Cc1cccc(Cl)c1)C(=O)c1cc(C)on1. The summed E-state index contributed by atoms with van der Waals surface area (Å²) in [4.78, 5) is 13.9. The normalized spacial score (nSPS) is 10.5. The second-order valence-corrected chi connectivity index (χ2v) is 4.71. The molecule has 0 atom stereocenters. The summed E-state index contributed by atoms with van der Waals surface area (Å²) in [6.45, 7) is 4.78. The number of hydrogen-bond donors (Lipinski definition) is 0. The average molecular weight is 279 g/mol. The van der Waals surface area contributed by atoms with Crippen LogP contribution in [0.3, 0.4) is 0 Å². The van der Waals surface area contributed by atoms with E-state index in [9.17, 15) is 4.79 Å². The lowest BCUT2D eigenvalue weighted by molar-refractivity contribution is 0.0742. The minimum atomic E-state index is -0.140. The van der Waals surface area contributed by atoms with Gasteiger partial charge in [0.15, 0.2) is 5.69 Å². The van der Waals surface area contributed by atoms with Crippen molar-refractivity contribution >= 4 is 17.5 Å². The molecule has 2 aromatic rings. The Morgan fingerprint density at radius 3 is 2.79 bits per heavy atom. The molecule has 2 rings (SSSR count). The van der Waals surface area contributed by atoms with Crippen molar-refractivity contribution in [3.05, 3.63) is 52.4 Å². The fourth-order valence-corrected chi connectivity index (χ4v) is 2.02. The largest absolute Gasteiger partial charge is 0.361 e. The Morgan fingerprint density at radius 1 is 1.42 bits per heavy atom. The predicted octanol–water partition coefficient (Wildman–Crippen LogP) is 3.30. The smallest absolute Gasteiger partial charge is 0.276 e. The van der Waals surface area contributed by atoms with Gasteiger partial charge in [0.05, 0.1) is 0 Å². The molecule has 100 valence electrons. The maximum absolute atomic E-state index is 12.2. The van der Waals surface area contributed by atoms with Crippen LogP contribution in [0.4, 0.5) is 0 Å². The van der Waals surface area contributed by atoms with Crippen molar-refractivity contribution < 1.29 is 9.32 Å². The number of halogens is 1. The van der Waals surface area contributed by atoms with Crippen molar-refractivity contribution in [1.82, 2.24) is 10.1 Å². The van der Waals surface area contributed by atoms with Crippen molar-refractivity contribution in [2.75, 3.05) is 6.54 Å². The lowest BCUT2D eigenvalue weighted by Gasteiger charge is -2.19. The van der Waals surface area contributed by atoms with Gasteiger partial charge in [0.1, 0.15) is 5.76 Å². The third kappa shape index (κ3) is 3.35. The highest BCUT2D eigenvalue weighted by Crippen LogP contribution is 2.14. The molecule has 0 spiro atoms. The first-order valence-electron chi connectivity index (χ1n) is 6.07. The van der Waals surface area contributed by atoms with Crippen LogP contribution in [-0.2, 0) is 6.54 Å². The third-order valence-corrected chi connectivity index (χ3v) is 3.01. The van der Waals surface area contributed by atoms with E-state index in [4.69, 9.17) is 16.1 Å². The third-order valence-electron chi connectivity index (χ3n) is 2.78. The zero-order chi connectivity index (χ0) is 13.8. The topological polar surface area (TPSA) is 46.3 Å². The van der Waals surface area contributed by atoms with E-state index in [1.807, 2.05) is 31.2 Å². The first-order chi connectivity index (χ1) is 9.10. The number of carbonyl (C=O) groups excluding carboxylic acids is 1. The molecular weight excluding hydrogens is 264 g/mol. The van der Waals surface area contributed by atoms with Crippen molar-refractivity contribution in [1.29, 1.82) is 0 Å². The highest BCUT2D eigenvalue weighted by atomic mass is 35.5. The van der Waals surface area contributed by atoms with E-state index in [0.717, 1.165) is 5.56 Å². The summed E-state index contributed by atoms with van der Waals surface area (Å²) in [6, 6.07) is 9.12. The second kappa shape index (κ2) is 5.89. The van der Waals surface area contributed by atoms with E-state index in [2.05, 4.69) is 5.16 Å². The quantitative estimate of drug-likeness (QED) is 0.862. The fraction of sp³-hybridized carbons (Fsp3) is 0.286. The summed E-state index contributed by atoms with van der Waals surface area (Å²) < 4.78 is 4.93. The molecule has 0 aliphatic heterocycles. The second-order valence-electron chi connectivity index (χ2n) is 4.27. The molecular formula is C14H15ClN2O2. The standard InChI is InChI=1S/C14H15ClN2O2/c1-3-17(9-11-5-4-6-12(15)8-11)14(18)13-7-10(2)19-16-13/h4-8H,3,9H2,1-2H3. The summed E-state index contributed by atoms with van der Waals surface area (Å²) in [6.07, 6.45) is 0. The number of aromatic nitrogens is 1. The first kappa shape index (κ1) is 13.6. The molecule has 1 amide bonds. The molecule has 1 heterocycles. The number of rotatable bonds is 4. The Kier molecular flexibility index (Phi) is 4.22. The van der Waals surface area contributed by atoms with Crippen molar-refractivity contribution in [3.63, 3.8) is 0 Å². The van der Waals surface area contributed by atoms with Crippen LogP contribution in [0.2, 0.25) is 5.02 Å². The van der Waals surface area contributed by atoms with Gasteiger partial charge < -0.3 is 9.42 Å². The molecule has 0 unspecified atom stereocenters. The van der Waals surface area contributed by atoms with Crippen LogP contribution in [0.25, 0.3) is 0 Å². The number of benzene rings is 1. The maximum Gasteiger partial charge on any atom is 0.276 e. The van der Waals surface area contributed by atoms with Gasteiger partial charge in [0, 0.05) is 24.2 Å². The van der Waals surface area contributed by atoms with Gasteiger partial charge in [0.25, 0.3) is 5.91 Å². The van der Waals surface area contributed by atoms with E-state index in [1.54, 1.807) is 17.9 Å². The molecule has 0 saturated heterocycles. The lowest BCUT2D eigenvalue weighted by Crippen LogP contribution is -2.30. The van der Waals surface area contributed by atoms with E-state index in [1.165, 1.54) is 0 Å². The van der Waals surface area contributed by atoms with Gasteiger partial charge in [-0.05, 0) is 31.5 Å². The fourth-order valence-electron chi connectivity index (χ4n) is 1.81. The minimum Gasteiger partial charge on any atom is -0.361 e. The van der Waals surface area contributed by atoms with Gasteiger partial charge in [-0.3, -0.25) is 4.79 Å². The van der Waals surface area contributed by atoms with Gasteiger partial charge in [-0.15, -0.1) is 0 Å². The van der Waals surface area contributed by atoms with Gasteiger partial charge >= 0.3 is 0 Å². The molecule has 5 heteroatoms. The molecule has 19 heavy (non-hydrogen) atoms. The first-order valence-corrected chi connectivity index (χ1v) is 6.45. The maximum atomic E-state index is 12.2. The van der Waals surface area contributed by atoms with Gasteiger partial charge in [-0.1, -0.05) is 28.9 Å². The summed E-state index contributed by atoms with van der Waals surface area (Å²) in [5.41, 5.74) is 1.32. The number of amides is 1. The zero-order valence-electron chi connectivity index (χ0n) is 10.9. The van der Waals surface area contributed by atoms with Crippen LogP contribution in [0.1, 0.15) is 28.7 Å². The molecule has 4 nitrogen and oxygen atoms in total. The van der Waals surface area contributed by atoms with E-state index in [-0.39, 0.29) is 5.91 Å². The summed E-state index contributed by atoms with van der Waals surface area (Å²) in [5.74, 6) is 0.487. The molecule has 1 aromatic heterocycles. The summed E-state index contributed by atoms with van der Waals surface area (Å²) >= 11 is 5.94. The van der Waals surface area contributed by atoms with Crippen LogP contribution in [0.5, 0.6) is 0 Å². The van der Waals surface area contributed by atoms with Crippen molar-refractivity contribution in [3.8, 4) is 0 Å². The number of aryl methyl sites for hydroxylation is 1. The Hall–Kier alpha value is -1.81. The van der Waals surface area contributed by atoms with Crippen LogP contribution in [-0.4, -0.2) is 22.5 Å². The Bertz CT molecular complexity index is 580. The van der Waals surface area contributed by atoms with Crippen molar-refractivity contribution in [2.24, 2.45) is 0 Å². The monoisotopic (exact) mass is 278 g/mol. The Morgan fingerprint density at radius 2 is 2.21 bits per heavy atom. The molecule has 0 fully saturated rings. The molecule has 0 bridgehead atoms. The zero-order valence-corrected chi connectivity index (χ0v) is 11.6. The summed E-state index contributed by atoms with van der Waals surface area (Å²) in [5, 5.41) is 4.42. The van der Waals surface area contributed by atoms with Crippen LogP contribution >= 0.6 is 11.6 Å². The molecule has 1 aromatic carbocycles. The van der Waals surface area contributed by atoms with Gasteiger partial charge in [-0.25, -0.2) is 0 Å². The Labute approximate surface area is 117 Å². The van der Waals surface area contributed by atoms with Crippen LogP contribution in [0.15, 0.2) is 34.9 Å². The number of carbonyl (C=O) groups is 1. The molecule has 0 aliphatic carbocycles. The summed E-state index contributed by atoms with van der Waals surface area (Å²) in [7, 11) is 0. The predicted molar refractivity (Wildman–Crippen MR) is 73.1 cm³/mol. The number of nitrogens with zero attached hydrogens (tertiary/aromatic N) is 2. The van der Waals surface area contributed by atoms with Gasteiger partial charge in [-0.2, -0.15) is 0 Å². The minimum absolute atomic E-state index is 0.140. The van der Waals surface area contributed by atoms with Gasteiger partial charge in [0.2, 0.25) is 0 Å². The molecule has 0 radical (unpaired) electrons.